The molecule has 86 valence electrons. The summed E-state index contributed by atoms with van der Waals surface area (Å²) in [5, 5.41) is 0. The zero-order valence-electron chi connectivity index (χ0n) is 10.1. The molecule has 2 aliphatic rings. The van der Waals surface area contributed by atoms with Crippen molar-refractivity contribution >= 4 is 5.91 Å². The molecular weight excluding hydrogens is 188 g/mol. The molecule has 0 aromatic carbocycles. The summed E-state index contributed by atoms with van der Waals surface area (Å²) >= 11 is 0. The van der Waals surface area contributed by atoms with Gasteiger partial charge in [0.2, 0.25) is 5.91 Å². The van der Waals surface area contributed by atoms with Gasteiger partial charge in [-0.3, -0.25) is 4.79 Å². The van der Waals surface area contributed by atoms with E-state index in [4.69, 9.17) is 0 Å². The van der Waals surface area contributed by atoms with Crippen LogP contribution in [0.5, 0.6) is 0 Å². The van der Waals surface area contributed by atoms with Crippen molar-refractivity contribution < 1.29 is 4.79 Å². The van der Waals surface area contributed by atoms with Crippen LogP contribution in [0.1, 0.15) is 26.7 Å². The highest BCUT2D eigenvalue weighted by Crippen LogP contribution is 2.40. The molecule has 1 amide bonds. The van der Waals surface area contributed by atoms with Gasteiger partial charge < -0.3 is 9.80 Å². The van der Waals surface area contributed by atoms with Crippen molar-refractivity contribution in [2.75, 3.05) is 33.2 Å². The molecule has 2 rings (SSSR count). The minimum atomic E-state index is 0.161. The third kappa shape index (κ3) is 2.03. The normalized spacial score (nSPS) is 25.7. The molecule has 3 heteroatoms. The predicted octanol–water partition coefficient (Wildman–Crippen LogP) is 1.20. The van der Waals surface area contributed by atoms with Crippen molar-refractivity contribution in [1.82, 2.24) is 9.80 Å². The van der Waals surface area contributed by atoms with E-state index in [-0.39, 0.29) is 5.92 Å². The van der Waals surface area contributed by atoms with Crippen molar-refractivity contribution in [2.45, 2.75) is 26.7 Å². The summed E-state index contributed by atoms with van der Waals surface area (Å²) in [6, 6.07) is 0. The topological polar surface area (TPSA) is 23.6 Å². The molecule has 2 fully saturated rings. The van der Waals surface area contributed by atoms with Gasteiger partial charge in [0.25, 0.3) is 0 Å². The van der Waals surface area contributed by atoms with Gasteiger partial charge in [0.05, 0.1) is 0 Å². The van der Waals surface area contributed by atoms with E-state index in [1.54, 1.807) is 0 Å². The van der Waals surface area contributed by atoms with Crippen molar-refractivity contribution in [3.8, 4) is 0 Å². The first kappa shape index (κ1) is 10.9. The number of carbonyl (C=O) groups is 1. The smallest absolute Gasteiger partial charge is 0.225 e. The van der Waals surface area contributed by atoms with Gasteiger partial charge in [0.1, 0.15) is 0 Å². The number of nitrogens with zero attached hydrogens (tertiary/aromatic N) is 2. The number of amides is 1. The standard InChI is InChI=1S/C12H22N2O/c1-10(2)11(15)14-8-12(9-14)4-6-13(3)7-5-12/h10H,4-9H2,1-3H3. The van der Waals surface area contributed by atoms with Gasteiger partial charge in [-0.15, -0.1) is 0 Å². The Bertz CT molecular complexity index is 246. The zero-order chi connectivity index (χ0) is 11.1. The van der Waals surface area contributed by atoms with Crippen LogP contribution < -0.4 is 0 Å². The summed E-state index contributed by atoms with van der Waals surface area (Å²) in [6.07, 6.45) is 2.54. The van der Waals surface area contributed by atoms with Gasteiger partial charge in [0, 0.05) is 24.4 Å². The molecule has 15 heavy (non-hydrogen) atoms. The molecule has 0 aromatic rings. The fourth-order valence-electron chi connectivity index (χ4n) is 2.69. The van der Waals surface area contributed by atoms with Crippen molar-refractivity contribution in [2.24, 2.45) is 11.3 Å². The second kappa shape index (κ2) is 3.78. The summed E-state index contributed by atoms with van der Waals surface area (Å²) in [4.78, 5) is 16.2. The lowest BCUT2D eigenvalue weighted by Gasteiger charge is -2.54. The van der Waals surface area contributed by atoms with Crippen LogP contribution >= 0.6 is 0 Å². The quantitative estimate of drug-likeness (QED) is 0.649. The Morgan fingerprint density at radius 3 is 2.20 bits per heavy atom. The van der Waals surface area contributed by atoms with Crippen LogP contribution in [0.3, 0.4) is 0 Å². The second-order valence-corrected chi connectivity index (χ2v) is 5.65. The van der Waals surface area contributed by atoms with Crippen LogP contribution in [0.2, 0.25) is 0 Å². The zero-order valence-corrected chi connectivity index (χ0v) is 10.1. The molecule has 2 saturated heterocycles. The largest absolute Gasteiger partial charge is 0.341 e. The minimum Gasteiger partial charge on any atom is -0.341 e. The first-order valence-corrected chi connectivity index (χ1v) is 6.00. The van der Waals surface area contributed by atoms with E-state index >= 15 is 0 Å². The Labute approximate surface area is 92.4 Å². The number of hydrogen-bond acceptors (Lipinski definition) is 2. The Balaban J connectivity index is 1.84. The van der Waals surface area contributed by atoms with E-state index in [1.165, 1.54) is 25.9 Å². The molecule has 2 heterocycles. The maximum Gasteiger partial charge on any atom is 0.225 e. The summed E-state index contributed by atoms with van der Waals surface area (Å²) in [5.74, 6) is 0.494. The lowest BCUT2D eigenvalue weighted by Crippen LogP contribution is -2.62. The highest BCUT2D eigenvalue weighted by Gasteiger charge is 2.46. The molecular formula is C12H22N2O. The summed E-state index contributed by atoms with van der Waals surface area (Å²) in [6.45, 7) is 8.40. The van der Waals surface area contributed by atoms with E-state index in [0.717, 1.165) is 13.1 Å². The lowest BCUT2D eigenvalue weighted by atomic mass is 9.72. The second-order valence-electron chi connectivity index (χ2n) is 5.65. The Hall–Kier alpha value is -0.570. The van der Waals surface area contributed by atoms with Crippen LogP contribution in [-0.2, 0) is 4.79 Å². The Morgan fingerprint density at radius 2 is 1.73 bits per heavy atom. The molecule has 0 unspecified atom stereocenters. The molecule has 2 aliphatic heterocycles. The number of carbonyl (C=O) groups excluding carboxylic acids is 1. The number of hydrogen-bond donors (Lipinski definition) is 0. The SMILES string of the molecule is CC(C)C(=O)N1CC2(CCN(C)CC2)C1. The lowest BCUT2D eigenvalue weighted by molar-refractivity contribution is -0.149. The molecule has 0 N–H and O–H groups in total. The van der Waals surface area contributed by atoms with E-state index in [2.05, 4.69) is 11.9 Å². The molecule has 0 atom stereocenters. The molecule has 3 nitrogen and oxygen atoms in total. The van der Waals surface area contributed by atoms with E-state index in [9.17, 15) is 4.79 Å². The van der Waals surface area contributed by atoms with Crippen molar-refractivity contribution in [1.29, 1.82) is 0 Å². The number of rotatable bonds is 1. The van der Waals surface area contributed by atoms with Crippen LogP contribution in [0.15, 0.2) is 0 Å². The van der Waals surface area contributed by atoms with Gasteiger partial charge in [-0.05, 0) is 33.0 Å². The van der Waals surface area contributed by atoms with Gasteiger partial charge in [-0.1, -0.05) is 13.8 Å². The third-order valence-corrected chi connectivity index (χ3v) is 3.91. The summed E-state index contributed by atoms with van der Waals surface area (Å²) in [7, 11) is 2.18. The molecule has 0 aliphatic carbocycles. The summed E-state index contributed by atoms with van der Waals surface area (Å²) < 4.78 is 0. The maximum absolute atomic E-state index is 11.7. The van der Waals surface area contributed by atoms with Gasteiger partial charge in [-0.2, -0.15) is 0 Å². The van der Waals surface area contributed by atoms with Crippen molar-refractivity contribution in [3.05, 3.63) is 0 Å². The first-order valence-electron chi connectivity index (χ1n) is 6.00. The summed E-state index contributed by atoms with van der Waals surface area (Å²) in [5.41, 5.74) is 0.483. The highest BCUT2D eigenvalue weighted by atomic mass is 16.2. The van der Waals surface area contributed by atoms with E-state index in [0.29, 0.717) is 11.3 Å². The molecule has 0 radical (unpaired) electrons. The van der Waals surface area contributed by atoms with Gasteiger partial charge in [0.15, 0.2) is 0 Å². The molecule has 0 bridgehead atoms. The predicted molar refractivity (Wildman–Crippen MR) is 60.6 cm³/mol. The van der Waals surface area contributed by atoms with E-state index in [1.807, 2.05) is 18.7 Å². The molecule has 1 spiro atoms. The van der Waals surface area contributed by atoms with E-state index < -0.39 is 0 Å². The number of piperidine rings is 1. The average molecular weight is 210 g/mol. The van der Waals surface area contributed by atoms with Crippen LogP contribution in [0, 0.1) is 11.3 Å². The number of likely N-dealkylation sites (tertiary alicyclic amines) is 2. The average Bonchev–Trinajstić information content (AvgIpc) is 2.15. The maximum atomic E-state index is 11.7. The van der Waals surface area contributed by atoms with Crippen LogP contribution in [-0.4, -0.2) is 48.9 Å². The minimum absolute atomic E-state index is 0.161. The van der Waals surface area contributed by atoms with Gasteiger partial charge >= 0.3 is 0 Å². The van der Waals surface area contributed by atoms with Crippen LogP contribution in [0.4, 0.5) is 0 Å². The third-order valence-electron chi connectivity index (χ3n) is 3.91. The first-order chi connectivity index (χ1) is 7.02. The monoisotopic (exact) mass is 210 g/mol. The fourth-order valence-corrected chi connectivity index (χ4v) is 2.69. The molecule has 0 aromatic heterocycles. The van der Waals surface area contributed by atoms with Gasteiger partial charge in [-0.25, -0.2) is 0 Å². The Kier molecular flexibility index (Phi) is 2.75. The Morgan fingerprint density at radius 1 is 1.20 bits per heavy atom. The van der Waals surface area contributed by atoms with Crippen LogP contribution in [0.25, 0.3) is 0 Å². The van der Waals surface area contributed by atoms with Crippen molar-refractivity contribution in [3.63, 3.8) is 0 Å². The molecule has 0 saturated carbocycles. The highest BCUT2D eigenvalue weighted by molar-refractivity contribution is 5.79. The fraction of sp³-hybridized carbons (Fsp3) is 0.917.